The van der Waals surface area contributed by atoms with E-state index in [1.54, 1.807) is 38.6 Å². The molecule has 0 radical (unpaired) electrons. The van der Waals surface area contributed by atoms with Crippen molar-refractivity contribution in [2.24, 2.45) is 0 Å². The van der Waals surface area contributed by atoms with Crippen molar-refractivity contribution in [1.82, 2.24) is 9.55 Å². The number of benzene rings is 1. The molecule has 0 saturated carbocycles. The SMILES string of the molecule is COc1cc(NC(=O)Cc2cnc(-n3cccc3)s2)cc(OC)c1. The normalized spacial score (nSPS) is 10.4. The van der Waals surface area contributed by atoms with Crippen molar-refractivity contribution in [2.75, 3.05) is 19.5 Å². The van der Waals surface area contributed by atoms with Crippen LogP contribution < -0.4 is 14.8 Å². The van der Waals surface area contributed by atoms with Crippen LogP contribution in [0.25, 0.3) is 5.13 Å². The van der Waals surface area contributed by atoms with Crippen LogP contribution in [-0.2, 0) is 11.2 Å². The van der Waals surface area contributed by atoms with Crippen LogP contribution >= 0.6 is 11.3 Å². The first kappa shape index (κ1) is 16.1. The van der Waals surface area contributed by atoms with Crippen LogP contribution in [0.4, 0.5) is 5.69 Å². The van der Waals surface area contributed by atoms with Gasteiger partial charge in [0.25, 0.3) is 0 Å². The van der Waals surface area contributed by atoms with Gasteiger partial charge in [0.2, 0.25) is 5.91 Å². The van der Waals surface area contributed by atoms with Crippen molar-refractivity contribution in [1.29, 1.82) is 0 Å². The van der Waals surface area contributed by atoms with Crippen LogP contribution in [0.5, 0.6) is 11.5 Å². The molecule has 0 aliphatic carbocycles. The van der Waals surface area contributed by atoms with E-state index < -0.39 is 0 Å². The molecule has 0 aliphatic heterocycles. The largest absolute Gasteiger partial charge is 0.497 e. The van der Waals surface area contributed by atoms with Gasteiger partial charge in [-0.25, -0.2) is 4.98 Å². The van der Waals surface area contributed by atoms with Gasteiger partial charge in [-0.1, -0.05) is 0 Å². The quantitative estimate of drug-likeness (QED) is 0.747. The molecule has 0 atom stereocenters. The lowest BCUT2D eigenvalue weighted by Crippen LogP contribution is -2.13. The number of ether oxygens (including phenoxy) is 2. The minimum atomic E-state index is -0.118. The number of aromatic nitrogens is 2. The summed E-state index contributed by atoms with van der Waals surface area (Å²) in [6.07, 6.45) is 5.83. The average molecular weight is 343 g/mol. The number of nitrogens with zero attached hydrogens (tertiary/aromatic N) is 2. The standard InChI is InChI=1S/C17H17N3O3S/c1-22-13-7-12(8-14(9-13)23-2)19-16(21)10-15-11-18-17(24-15)20-5-3-4-6-20/h3-9,11H,10H2,1-2H3,(H,19,21). The second kappa shape index (κ2) is 7.18. The van der Waals surface area contributed by atoms with Crippen LogP contribution in [-0.4, -0.2) is 29.7 Å². The van der Waals surface area contributed by atoms with E-state index in [9.17, 15) is 4.79 Å². The van der Waals surface area contributed by atoms with Gasteiger partial charge in [0.15, 0.2) is 5.13 Å². The highest BCUT2D eigenvalue weighted by atomic mass is 32.1. The monoisotopic (exact) mass is 343 g/mol. The van der Waals surface area contributed by atoms with E-state index in [4.69, 9.17) is 9.47 Å². The fraction of sp³-hybridized carbons (Fsp3) is 0.176. The number of nitrogens with one attached hydrogen (secondary N) is 1. The predicted molar refractivity (Wildman–Crippen MR) is 93.3 cm³/mol. The molecule has 124 valence electrons. The summed E-state index contributed by atoms with van der Waals surface area (Å²) >= 11 is 1.49. The molecule has 7 heteroatoms. The molecule has 0 aliphatic rings. The Morgan fingerprint density at radius 3 is 2.46 bits per heavy atom. The van der Waals surface area contributed by atoms with Gasteiger partial charge in [-0.05, 0) is 12.1 Å². The van der Waals surface area contributed by atoms with Crippen molar-refractivity contribution in [2.45, 2.75) is 6.42 Å². The molecule has 0 fully saturated rings. The molecule has 0 saturated heterocycles. The minimum absolute atomic E-state index is 0.118. The first-order valence-electron chi connectivity index (χ1n) is 7.29. The van der Waals surface area contributed by atoms with E-state index in [2.05, 4.69) is 10.3 Å². The lowest BCUT2D eigenvalue weighted by Gasteiger charge is -2.09. The Bertz CT molecular complexity index is 805. The molecule has 0 bridgehead atoms. The third kappa shape index (κ3) is 3.75. The summed E-state index contributed by atoms with van der Waals surface area (Å²) in [7, 11) is 3.14. The predicted octanol–water partition coefficient (Wildman–Crippen LogP) is 3.13. The van der Waals surface area contributed by atoms with Crippen molar-refractivity contribution >= 4 is 22.9 Å². The molecule has 0 unspecified atom stereocenters. The van der Waals surface area contributed by atoms with Crippen LogP contribution in [0.2, 0.25) is 0 Å². The molecule has 3 aromatic rings. The van der Waals surface area contributed by atoms with Crippen molar-refractivity contribution < 1.29 is 14.3 Å². The van der Waals surface area contributed by atoms with Crippen LogP contribution in [0.3, 0.4) is 0 Å². The first-order valence-corrected chi connectivity index (χ1v) is 8.10. The number of rotatable bonds is 6. The molecule has 2 aromatic heterocycles. The van der Waals surface area contributed by atoms with E-state index in [1.165, 1.54) is 11.3 Å². The van der Waals surface area contributed by atoms with Crippen LogP contribution in [0, 0.1) is 0 Å². The maximum atomic E-state index is 12.3. The fourth-order valence-electron chi connectivity index (χ4n) is 2.20. The molecule has 3 rings (SSSR count). The van der Waals surface area contributed by atoms with Crippen molar-refractivity contribution in [3.05, 3.63) is 53.8 Å². The zero-order valence-corrected chi connectivity index (χ0v) is 14.2. The Morgan fingerprint density at radius 2 is 1.83 bits per heavy atom. The summed E-state index contributed by atoms with van der Waals surface area (Å²) in [6, 6.07) is 9.12. The molecule has 2 heterocycles. The number of amides is 1. The zero-order chi connectivity index (χ0) is 16.9. The second-order valence-electron chi connectivity index (χ2n) is 5.03. The smallest absolute Gasteiger partial charge is 0.229 e. The molecule has 1 N–H and O–H groups in total. The Hall–Kier alpha value is -2.80. The number of carbonyl (C=O) groups is 1. The summed E-state index contributed by atoms with van der Waals surface area (Å²) < 4.78 is 12.3. The Labute approximate surface area is 143 Å². The van der Waals surface area contributed by atoms with Crippen LogP contribution in [0.1, 0.15) is 4.88 Å². The molecule has 0 spiro atoms. The highest BCUT2D eigenvalue weighted by molar-refractivity contribution is 7.14. The Morgan fingerprint density at radius 1 is 1.17 bits per heavy atom. The summed E-state index contributed by atoms with van der Waals surface area (Å²) in [5.41, 5.74) is 0.631. The minimum Gasteiger partial charge on any atom is -0.497 e. The topological polar surface area (TPSA) is 65.4 Å². The van der Waals surface area contributed by atoms with Gasteiger partial charge < -0.3 is 19.4 Å². The Kier molecular flexibility index (Phi) is 4.81. The van der Waals surface area contributed by atoms with Crippen molar-refractivity contribution in [3.8, 4) is 16.6 Å². The fourth-order valence-corrected chi connectivity index (χ4v) is 3.08. The van der Waals surface area contributed by atoms with Gasteiger partial charge in [0.1, 0.15) is 11.5 Å². The number of methoxy groups -OCH3 is 2. The lowest BCUT2D eigenvalue weighted by molar-refractivity contribution is -0.115. The van der Waals surface area contributed by atoms with Gasteiger partial charge in [-0.15, -0.1) is 11.3 Å². The van der Waals surface area contributed by atoms with Gasteiger partial charge in [0.05, 0.1) is 20.6 Å². The molecular weight excluding hydrogens is 326 g/mol. The molecule has 1 amide bonds. The van der Waals surface area contributed by atoms with E-state index in [0.717, 1.165) is 10.0 Å². The Balaban J connectivity index is 1.68. The summed E-state index contributed by atoms with van der Waals surface area (Å²) in [6.45, 7) is 0. The maximum Gasteiger partial charge on any atom is 0.229 e. The van der Waals surface area contributed by atoms with E-state index >= 15 is 0 Å². The number of carbonyl (C=O) groups excluding carboxylic acids is 1. The first-order chi connectivity index (χ1) is 11.7. The van der Waals surface area contributed by atoms with Gasteiger partial charge in [-0.3, -0.25) is 4.79 Å². The highest BCUT2D eigenvalue weighted by Crippen LogP contribution is 2.26. The molecule has 1 aromatic carbocycles. The summed E-state index contributed by atoms with van der Waals surface area (Å²) in [5.74, 6) is 1.13. The number of hydrogen-bond donors (Lipinski definition) is 1. The number of hydrogen-bond acceptors (Lipinski definition) is 5. The summed E-state index contributed by atoms with van der Waals surface area (Å²) in [5, 5.41) is 3.70. The van der Waals surface area contributed by atoms with Gasteiger partial charge >= 0.3 is 0 Å². The third-order valence-corrected chi connectivity index (χ3v) is 4.35. The van der Waals surface area contributed by atoms with E-state index in [1.807, 2.05) is 29.1 Å². The number of anilines is 1. The van der Waals surface area contributed by atoms with E-state index in [-0.39, 0.29) is 12.3 Å². The third-order valence-electron chi connectivity index (χ3n) is 3.34. The molecule has 24 heavy (non-hydrogen) atoms. The van der Waals surface area contributed by atoms with E-state index in [0.29, 0.717) is 17.2 Å². The van der Waals surface area contributed by atoms with Crippen molar-refractivity contribution in [3.63, 3.8) is 0 Å². The zero-order valence-electron chi connectivity index (χ0n) is 13.4. The second-order valence-corrected chi connectivity index (χ2v) is 6.12. The molecule has 6 nitrogen and oxygen atoms in total. The maximum absolute atomic E-state index is 12.3. The van der Waals surface area contributed by atoms with Gasteiger partial charge in [0, 0.05) is 47.4 Å². The van der Waals surface area contributed by atoms with Gasteiger partial charge in [-0.2, -0.15) is 0 Å². The summed E-state index contributed by atoms with van der Waals surface area (Å²) in [4.78, 5) is 17.5. The molecular formula is C17H17N3O3S. The highest BCUT2D eigenvalue weighted by Gasteiger charge is 2.10. The average Bonchev–Trinajstić information content (AvgIpc) is 3.25. The lowest BCUT2D eigenvalue weighted by atomic mass is 10.2. The van der Waals surface area contributed by atoms with Crippen LogP contribution in [0.15, 0.2) is 48.9 Å². The number of thiazole rings is 1.